The lowest BCUT2D eigenvalue weighted by Gasteiger charge is -2.17. The first kappa shape index (κ1) is 13.2. The third-order valence-electron chi connectivity index (χ3n) is 2.17. The van der Waals surface area contributed by atoms with Crippen LogP contribution in [-0.4, -0.2) is 25.6 Å². The van der Waals surface area contributed by atoms with E-state index >= 15 is 0 Å². The van der Waals surface area contributed by atoms with Gasteiger partial charge in [0.25, 0.3) is 0 Å². The molecule has 0 saturated carbocycles. The Balaban J connectivity index is 3.57. The van der Waals surface area contributed by atoms with Gasteiger partial charge < -0.3 is 16.8 Å². The van der Waals surface area contributed by atoms with Crippen molar-refractivity contribution in [1.29, 1.82) is 0 Å². The molecule has 0 aliphatic carbocycles. The maximum absolute atomic E-state index is 5.23. The maximum Gasteiger partial charge on any atom is 0.185 e. The molecule has 1 atom stereocenters. The molecule has 0 aromatic heterocycles. The number of nitrogens with two attached hydrogens (primary N) is 2. The van der Waals surface area contributed by atoms with E-state index in [1.54, 1.807) is 0 Å². The monoisotopic (exact) mass is 200 g/mol. The zero-order chi connectivity index (χ0) is 11.0. The molecule has 0 bridgehead atoms. The van der Waals surface area contributed by atoms with Gasteiger partial charge in [-0.3, -0.25) is 4.99 Å². The summed E-state index contributed by atoms with van der Waals surface area (Å²) in [7, 11) is 2.01. The fourth-order valence-electron chi connectivity index (χ4n) is 1.49. The zero-order valence-corrected chi connectivity index (χ0v) is 9.59. The third-order valence-corrected chi connectivity index (χ3v) is 2.17. The van der Waals surface area contributed by atoms with Gasteiger partial charge in [0.1, 0.15) is 0 Å². The lowest BCUT2D eigenvalue weighted by atomic mass is 10.00. The third kappa shape index (κ3) is 7.86. The molecule has 14 heavy (non-hydrogen) atoms. The van der Waals surface area contributed by atoms with Gasteiger partial charge in [0.05, 0.1) is 0 Å². The average Bonchev–Trinajstić information content (AvgIpc) is 2.09. The molecule has 0 unspecified atom stereocenters. The molecule has 4 nitrogen and oxygen atoms in total. The summed E-state index contributed by atoms with van der Waals surface area (Å²) in [6, 6.07) is 0.587. The molecule has 0 saturated heterocycles. The molecule has 0 spiro atoms. The van der Waals surface area contributed by atoms with Crippen molar-refractivity contribution in [2.45, 2.75) is 39.2 Å². The molecule has 0 aromatic carbocycles. The highest BCUT2D eigenvalue weighted by molar-refractivity contribution is 5.75. The highest BCUT2D eigenvalue weighted by Gasteiger charge is 2.07. The normalized spacial score (nSPS) is 12.9. The topological polar surface area (TPSA) is 76.4 Å². The van der Waals surface area contributed by atoms with Gasteiger partial charge in [-0.05, 0) is 32.2 Å². The minimum Gasteiger partial charge on any atom is -0.370 e. The standard InChI is InChI=1S/C10H24N4/c1-8(2)7-9(13-3)5-4-6-14-10(11)12/h8-9,13H,4-7H2,1-3H3,(H4,11,12,14)/t9-/m0/s1. The first-order valence-corrected chi connectivity index (χ1v) is 5.29. The average molecular weight is 200 g/mol. The van der Waals surface area contributed by atoms with E-state index in [9.17, 15) is 0 Å². The zero-order valence-electron chi connectivity index (χ0n) is 9.59. The molecule has 0 rings (SSSR count). The van der Waals surface area contributed by atoms with Crippen LogP contribution in [-0.2, 0) is 0 Å². The van der Waals surface area contributed by atoms with E-state index < -0.39 is 0 Å². The van der Waals surface area contributed by atoms with Gasteiger partial charge in [-0.25, -0.2) is 0 Å². The van der Waals surface area contributed by atoms with Crippen molar-refractivity contribution in [3.63, 3.8) is 0 Å². The van der Waals surface area contributed by atoms with Crippen LogP contribution in [0, 0.1) is 5.92 Å². The van der Waals surface area contributed by atoms with Crippen LogP contribution in [0.3, 0.4) is 0 Å². The fourth-order valence-corrected chi connectivity index (χ4v) is 1.49. The Kier molecular flexibility index (Phi) is 7.20. The molecule has 0 aliphatic heterocycles. The highest BCUT2D eigenvalue weighted by atomic mass is 15.0. The van der Waals surface area contributed by atoms with E-state index in [0.717, 1.165) is 25.3 Å². The Bertz CT molecular complexity index is 162. The molecule has 0 heterocycles. The van der Waals surface area contributed by atoms with Gasteiger partial charge in [-0.1, -0.05) is 13.8 Å². The van der Waals surface area contributed by atoms with E-state index in [-0.39, 0.29) is 5.96 Å². The molecule has 0 aliphatic rings. The predicted octanol–water partition coefficient (Wildman–Crippen LogP) is 0.674. The van der Waals surface area contributed by atoms with Crippen molar-refractivity contribution in [1.82, 2.24) is 5.32 Å². The van der Waals surface area contributed by atoms with Crippen molar-refractivity contribution in [3.05, 3.63) is 0 Å². The lowest BCUT2D eigenvalue weighted by Crippen LogP contribution is -2.27. The second-order valence-corrected chi connectivity index (χ2v) is 4.06. The van der Waals surface area contributed by atoms with Crippen LogP contribution in [0.2, 0.25) is 0 Å². The largest absolute Gasteiger partial charge is 0.370 e. The summed E-state index contributed by atoms with van der Waals surface area (Å²) in [5.41, 5.74) is 10.5. The summed E-state index contributed by atoms with van der Waals surface area (Å²) in [6.45, 7) is 5.21. The second-order valence-electron chi connectivity index (χ2n) is 4.06. The summed E-state index contributed by atoms with van der Waals surface area (Å²) >= 11 is 0. The van der Waals surface area contributed by atoms with E-state index in [0.29, 0.717) is 6.04 Å². The van der Waals surface area contributed by atoms with Crippen molar-refractivity contribution in [2.75, 3.05) is 13.6 Å². The predicted molar refractivity (Wildman–Crippen MR) is 62.2 cm³/mol. The quantitative estimate of drug-likeness (QED) is 0.321. The van der Waals surface area contributed by atoms with Crippen molar-refractivity contribution < 1.29 is 0 Å². The van der Waals surface area contributed by atoms with Crippen molar-refractivity contribution in [3.8, 4) is 0 Å². The maximum atomic E-state index is 5.23. The Morgan fingerprint density at radius 1 is 1.36 bits per heavy atom. The summed E-state index contributed by atoms with van der Waals surface area (Å²) in [5, 5.41) is 3.31. The molecule has 0 radical (unpaired) electrons. The van der Waals surface area contributed by atoms with Gasteiger partial charge >= 0.3 is 0 Å². The summed E-state index contributed by atoms with van der Waals surface area (Å²) < 4.78 is 0. The first-order chi connectivity index (χ1) is 6.56. The smallest absolute Gasteiger partial charge is 0.185 e. The number of rotatable bonds is 7. The lowest BCUT2D eigenvalue weighted by molar-refractivity contribution is 0.415. The van der Waals surface area contributed by atoms with Crippen LogP contribution < -0.4 is 16.8 Å². The number of hydrogen-bond donors (Lipinski definition) is 3. The minimum absolute atomic E-state index is 0.190. The SMILES string of the molecule is CN[C@@H](CCCN=C(N)N)CC(C)C. The molecule has 5 N–H and O–H groups in total. The summed E-state index contributed by atoms with van der Waals surface area (Å²) in [5.74, 6) is 0.922. The Hall–Kier alpha value is -0.770. The van der Waals surface area contributed by atoms with E-state index in [1.807, 2.05) is 7.05 Å². The number of nitrogens with one attached hydrogen (secondary N) is 1. The molecule has 0 aromatic rings. The van der Waals surface area contributed by atoms with Crippen LogP contribution in [0.25, 0.3) is 0 Å². The molecule has 84 valence electrons. The van der Waals surface area contributed by atoms with Crippen molar-refractivity contribution in [2.24, 2.45) is 22.4 Å². The van der Waals surface area contributed by atoms with Crippen LogP contribution in [0.15, 0.2) is 4.99 Å². The highest BCUT2D eigenvalue weighted by Crippen LogP contribution is 2.09. The molecule has 0 fully saturated rings. The Morgan fingerprint density at radius 3 is 2.43 bits per heavy atom. The number of aliphatic imine (C=N–C) groups is 1. The Labute approximate surface area is 87.1 Å². The van der Waals surface area contributed by atoms with Gasteiger partial charge in [-0.2, -0.15) is 0 Å². The number of guanidine groups is 1. The first-order valence-electron chi connectivity index (χ1n) is 5.29. The van der Waals surface area contributed by atoms with Gasteiger partial charge in [0.15, 0.2) is 5.96 Å². The van der Waals surface area contributed by atoms with E-state index in [1.165, 1.54) is 6.42 Å². The fraction of sp³-hybridized carbons (Fsp3) is 0.900. The van der Waals surface area contributed by atoms with Crippen LogP contribution in [0.5, 0.6) is 0 Å². The van der Waals surface area contributed by atoms with Crippen LogP contribution >= 0.6 is 0 Å². The van der Waals surface area contributed by atoms with E-state index in [2.05, 4.69) is 24.2 Å². The molecular formula is C10H24N4. The summed E-state index contributed by atoms with van der Waals surface area (Å²) in [6.07, 6.45) is 3.37. The molecule has 0 amide bonds. The second kappa shape index (κ2) is 7.62. The van der Waals surface area contributed by atoms with Crippen LogP contribution in [0.4, 0.5) is 0 Å². The number of hydrogen-bond acceptors (Lipinski definition) is 2. The minimum atomic E-state index is 0.190. The summed E-state index contributed by atoms with van der Waals surface area (Å²) in [4.78, 5) is 3.95. The van der Waals surface area contributed by atoms with Gasteiger partial charge in [-0.15, -0.1) is 0 Å². The van der Waals surface area contributed by atoms with E-state index in [4.69, 9.17) is 11.5 Å². The number of nitrogens with zero attached hydrogens (tertiary/aromatic N) is 1. The molecule has 4 heteroatoms. The van der Waals surface area contributed by atoms with Gasteiger partial charge in [0.2, 0.25) is 0 Å². The Morgan fingerprint density at radius 2 is 2.00 bits per heavy atom. The van der Waals surface area contributed by atoms with Gasteiger partial charge in [0, 0.05) is 12.6 Å². The van der Waals surface area contributed by atoms with Crippen molar-refractivity contribution >= 4 is 5.96 Å². The molecular weight excluding hydrogens is 176 g/mol. The van der Waals surface area contributed by atoms with Crippen LogP contribution in [0.1, 0.15) is 33.1 Å².